The number of para-hydroxylation sites is 1. The van der Waals surface area contributed by atoms with E-state index in [2.05, 4.69) is 32.7 Å². The van der Waals surface area contributed by atoms with Gasteiger partial charge >= 0.3 is 0 Å². The van der Waals surface area contributed by atoms with Crippen molar-refractivity contribution in [2.75, 3.05) is 36.4 Å². The number of carbonyl (C=O) groups excluding carboxylic acids is 2. The Hall–Kier alpha value is -3.42. The van der Waals surface area contributed by atoms with Crippen molar-refractivity contribution in [1.29, 1.82) is 0 Å². The van der Waals surface area contributed by atoms with Crippen molar-refractivity contribution in [3.8, 4) is 0 Å². The van der Waals surface area contributed by atoms with E-state index < -0.39 is 6.04 Å². The van der Waals surface area contributed by atoms with Crippen LogP contribution in [0, 0.1) is 5.82 Å². The number of carbonyl (C=O) groups is 2. The summed E-state index contributed by atoms with van der Waals surface area (Å²) in [6.45, 7) is 2.98. The smallest absolute Gasteiger partial charge is 0.249 e. The van der Waals surface area contributed by atoms with Crippen molar-refractivity contribution in [2.45, 2.75) is 12.5 Å². The molecule has 7 nitrogen and oxygen atoms in total. The minimum Gasteiger partial charge on any atom is -0.368 e. The fourth-order valence-corrected chi connectivity index (χ4v) is 3.46. The van der Waals surface area contributed by atoms with Gasteiger partial charge in [0.25, 0.3) is 0 Å². The zero-order chi connectivity index (χ0) is 20.2. The van der Waals surface area contributed by atoms with Crippen molar-refractivity contribution in [3.05, 3.63) is 60.4 Å². The molecule has 150 valence electrons. The Morgan fingerprint density at radius 2 is 1.66 bits per heavy atom. The number of halogens is 1. The second-order valence-electron chi connectivity index (χ2n) is 7.03. The SMILES string of the molecule is O=C1C[C@@H](C(=O)Nc2ccc(F)cc2)N=C(N2CCN(c3ccccc3)CC2)N1. The number of anilines is 2. The summed E-state index contributed by atoms with van der Waals surface area (Å²) in [7, 11) is 0. The molecular weight excluding hydrogens is 373 g/mol. The predicted molar refractivity (Wildman–Crippen MR) is 109 cm³/mol. The molecule has 0 radical (unpaired) electrons. The topological polar surface area (TPSA) is 77.0 Å². The molecule has 0 aliphatic carbocycles. The molecule has 0 spiro atoms. The van der Waals surface area contributed by atoms with Gasteiger partial charge in [-0.2, -0.15) is 0 Å². The minimum absolute atomic E-state index is 0.0134. The van der Waals surface area contributed by atoms with E-state index in [4.69, 9.17) is 0 Å². The van der Waals surface area contributed by atoms with Crippen LogP contribution in [0.15, 0.2) is 59.6 Å². The molecule has 0 unspecified atom stereocenters. The van der Waals surface area contributed by atoms with Gasteiger partial charge in [-0.15, -0.1) is 0 Å². The van der Waals surface area contributed by atoms with Crippen LogP contribution in [0.1, 0.15) is 6.42 Å². The average molecular weight is 395 g/mol. The number of nitrogens with one attached hydrogen (secondary N) is 2. The number of benzene rings is 2. The van der Waals surface area contributed by atoms with Crippen LogP contribution in [0.5, 0.6) is 0 Å². The van der Waals surface area contributed by atoms with Crippen molar-refractivity contribution in [2.24, 2.45) is 4.99 Å². The Morgan fingerprint density at radius 3 is 2.34 bits per heavy atom. The van der Waals surface area contributed by atoms with Gasteiger partial charge in [0.15, 0.2) is 0 Å². The number of guanidine groups is 1. The zero-order valence-electron chi connectivity index (χ0n) is 15.8. The summed E-state index contributed by atoms with van der Waals surface area (Å²) in [5, 5.41) is 5.48. The average Bonchev–Trinajstić information content (AvgIpc) is 2.75. The quantitative estimate of drug-likeness (QED) is 0.831. The number of nitrogens with zero attached hydrogens (tertiary/aromatic N) is 3. The summed E-state index contributed by atoms with van der Waals surface area (Å²) in [6, 6.07) is 14.8. The van der Waals surface area contributed by atoms with Gasteiger partial charge < -0.3 is 15.1 Å². The fourth-order valence-electron chi connectivity index (χ4n) is 3.46. The van der Waals surface area contributed by atoms with E-state index in [1.54, 1.807) is 0 Å². The molecular formula is C21H22FN5O2. The molecule has 1 saturated heterocycles. The van der Waals surface area contributed by atoms with E-state index >= 15 is 0 Å². The van der Waals surface area contributed by atoms with Crippen LogP contribution >= 0.6 is 0 Å². The second kappa shape index (κ2) is 8.30. The lowest BCUT2D eigenvalue weighted by atomic mass is 10.1. The molecule has 2 heterocycles. The van der Waals surface area contributed by atoms with Crippen molar-refractivity contribution >= 4 is 29.1 Å². The number of amides is 2. The summed E-state index contributed by atoms with van der Waals surface area (Å²) < 4.78 is 13.0. The van der Waals surface area contributed by atoms with E-state index in [-0.39, 0.29) is 24.1 Å². The predicted octanol–water partition coefficient (Wildman–Crippen LogP) is 1.83. The van der Waals surface area contributed by atoms with Gasteiger partial charge in [-0.05, 0) is 36.4 Å². The van der Waals surface area contributed by atoms with Gasteiger partial charge in [0.2, 0.25) is 17.8 Å². The maximum absolute atomic E-state index is 13.0. The van der Waals surface area contributed by atoms with Gasteiger partial charge in [-0.1, -0.05) is 18.2 Å². The fraction of sp³-hybridized carbons (Fsp3) is 0.286. The molecule has 2 aliphatic rings. The summed E-state index contributed by atoms with van der Waals surface area (Å²) in [6.07, 6.45) is -0.0134. The normalized spacial score (nSPS) is 19.4. The van der Waals surface area contributed by atoms with Crippen LogP contribution in [0.2, 0.25) is 0 Å². The van der Waals surface area contributed by atoms with E-state index in [1.165, 1.54) is 30.0 Å². The molecule has 2 aromatic rings. The molecule has 2 aliphatic heterocycles. The van der Waals surface area contributed by atoms with Gasteiger partial charge in [0, 0.05) is 37.6 Å². The maximum Gasteiger partial charge on any atom is 0.249 e. The molecule has 0 bridgehead atoms. The third kappa shape index (κ3) is 4.53. The lowest BCUT2D eigenvalue weighted by Gasteiger charge is -2.38. The van der Waals surface area contributed by atoms with E-state index in [1.807, 2.05) is 23.1 Å². The molecule has 2 amide bonds. The van der Waals surface area contributed by atoms with Gasteiger partial charge in [0.05, 0.1) is 6.42 Å². The van der Waals surface area contributed by atoms with Crippen molar-refractivity contribution in [3.63, 3.8) is 0 Å². The lowest BCUT2D eigenvalue weighted by molar-refractivity contribution is -0.125. The first kappa shape index (κ1) is 18.9. The largest absolute Gasteiger partial charge is 0.368 e. The molecule has 29 heavy (non-hydrogen) atoms. The highest BCUT2D eigenvalue weighted by molar-refractivity contribution is 6.06. The molecule has 2 aromatic carbocycles. The Morgan fingerprint density at radius 1 is 1.00 bits per heavy atom. The summed E-state index contributed by atoms with van der Waals surface area (Å²) >= 11 is 0. The number of hydrogen-bond donors (Lipinski definition) is 2. The molecule has 1 atom stereocenters. The zero-order valence-corrected chi connectivity index (χ0v) is 15.8. The van der Waals surface area contributed by atoms with Crippen LogP contribution in [0.4, 0.5) is 15.8 Å². The molecule has 1 fully saturated rings. The van der Waals surface area contributed by atoms with Gasteiger partial charge in [-0.25, -0.2) is 9.38 Å². The molecule has 2 N–H and O–H groups in total. The highest BCUT2D eigenvalue weighted by atomic mass is 19.1. The summed E-state index contributed by atoms with van der Waals surface area (Å²) in [5.41, 5.74) is 1.63. The van der Waals surface area contributed by atoms with Crippen LogP contribution in [0.3, 0.4) is 0 Å². The van der Waals surface area contributed by atoms with Crippen LogP contribution in [0.25, 0.3) is 0 Å². The molecule has 0 aromatic heterocycles. The number of piperazine rings is 1. The highest BCUT2D eigenvalue weighted by Crippen LogP contribution is 2.17. The van der Waals surface area contributed by atoms with Gasteiger partial charge in [0.1, 0.15) is 11.9 Å². The Balaban J connectivity index is 1.40. The first-order chi connectivity index (χ1) is 14.1. The summed E-state index contributed by atoms with van der Waals surface area (Å²) in [5.74, 6) is -0.560. The van der Waals surface area contributed by atoms with Crippen molar-refractivity contribution < 1.29 is 14.0 Å². The van der Waals surface area contributed by atoms with E-state index in [0.717, 1.165) is 13.1 Å². The molecule has 4 rings (SSSR count). The summed E-state index contributed by atoms with van der Waals surface area (Å²) in [4.78, 5) is 33.4. The Kier molecular flexibility index (Phi) is 5.41. The third-order valence-electron chi connectivity index (χ3n) is 5.02. The van der Waals surface area contributed by atoms with Crippen LogP contribution in [-0.4, -0.2) is 54.9 Å². The lowest BCUT2D eigenvalue weighted by Crippen LogP contribution is -2.56. The van der Waals surface area contributed by atoms with E-state index in [9.17, 15) is 14.0 Å². The molecule has 0 saturated carbocycles. The Labute approximate surface area is 168 Å². The maximum atomic E-state index is 13.0. The number of rotatable bonds is 3. The second-order valence-corrected chi connectivity index (χ2v) is 7.03. The highest BCUT2D eigenvalue weighted by Gasteiger charge is 2.30. The monoisotopic (exact) mass is 395 g/mol. The van der Waals surface area contributed by atoms with Crippen LogP contribution in [-0.2, 0) is 9.59 Å². The Bertz CT molecular complexity index is 908. The number of aliphatic imine (C=N–C) groups is 1. The van der Waals surface area contributed by atoms with E-state index in [0.29, 0.717) is 24.7 Å². The number of hydrogen-bond acceptors (Lipinski definition) is 5. The third-order valence-corrected chi connectivity index (χ3v) is 5.02. The molecule has 8 heteroatoms. The first-order valence-electron chi connectivity index (χ1n) is 9.57. The van der Waals surface area contributed by atoms with Crippen LogP contribution < -0.4 is 15.5 Å². The van der Waals surface area contributed by atoms with Crippen molar-refractivity contribution in [1.82, 2.24) is 10.2 Å². The minimum atomic E-state index is -0.809. The standard InChI is InChI=1S/C21H22FN5O2/c22-15-6-8-16(9-7-15)23-20(29)18-14-19(28)25-21(24-18)27-12-10-26(11-13-27)17-4-2-1-3-5-17/h1-9,18H,10-14H2,(H,23,29)(H,24,25,28)/t18-/m0/s1. The van der Waals surface area contributed by atoms with Gasteiger partial charge in [-0.3, -0.25) is 14.9 Å². The first-order valence-corrected chi connectivity index (χ1v) is 9.57.